The molecular formula is C14H20N4OS. The van der Waals surface area contributed by atoms with Crippen molar-refractivity contribution in [2.45, 2.75) is 31.8 Å². The third-order valence-electron chi connectivity index (χ3n) is 3.93. The SMILES string of the molecule is OCCn1nccc1C1CCN(Cc2cncs2)CC1. The molecule has 2 aromatic rings. The van der Waals surface area contributed by atoms with Crippen molar-refractivity contribution in [2.75, 3.05) is 19.7 Å². The van der Waals surface area contributed by atoms with E-state index in [0.717, 1.165) is 32.5 Å². The second-order valence-corrected chi connectivity index (χ2v) is 6.19. The van der Waals surface area contributed by atoms with E-state index in [-0.39, 0.29) is 6.61 Å². The molecule has 0 aliphatic carbocycles. The summed E-state index contributed by atoms with van der Waals surface area (Å²) in [7, 11) is 0. The molecular weight excluding hydrogens is 272 g/mol. The zero-order valence-corrected chi connectivity index (χ0v) is 12.3. The van der Waals surface area contributed by atoms with Crippen molar-refractivity contribution in [1.82, 2.24) is 19.7 Å². The predicted octanol–water partition coefficient (Wildman–Crippen LogP) is 1.71. The molecule has 0 saturated carbocycles. The maximum absolute atomic E-state index is 9.07. The number of aliphatic hydroxyl groups is 1. The van der Waals surface area contributed by atoms with Crippen molar-refractivity contribution in [3.05, 3.63) is 34.5 Å². The molecule has 1 saturated heterocycles. The quantitative estimate of drug-likeness (QED) is 0.911. The molecule has 1 N–H and O–H groups in total. The maximum Gasteiger partial charge on any atom is 0.0794 e. The highest BCUT2D eigenvalue weighted by atomic mass is 32.1. The molecule has 3 rings (SSSR count). The summed E-state index contributed by atoms with van der Waals surface area (Å²) in [5, 5.41) is 13.4. The first-order chi connectivity index (χ1) is 9.86. The Hall–Kier alpha value is -1.24. The van der Waals surface area contributed by atoms with Crippen LogP contribution in [-0.4, -0.2) is 44.5 Å². The van der Waals surface area contributed by atoms with Crippen molar-refractivity contribution >= 4 is 11.3 Å². The molecule has 5 nitrogen and oxygen atoms in total. The van der Waals surface area contributed by atoms with Gasteiger partial charge in [-0.15, -0.1) is 11.3 Å². The number of thiazole rings is 1. The lowest BCUT2D eigenvalue weighted by Crippen LogP contribution is -2.33. The molecule has 0 unspecified atom stereocenters. The van der Waals surface area contributed by atoms with Crippen LogP contribution in [0.3, 0.4) is 0 Å². The van der Waals surface area contributed by atoms with Gasteiger partial charge in [0.1, 0.15) is 0 Å². The summed E-state index contributed by atoms with van der Waals surface area (Å²) in [4.78, 5) is 7.97. The summed E-state index contributed by atoms with van der Waals surface area (Å²) in [6.07, 6.45) is 6.13. The molecule has 0 aromatic carbocycles. The molecule has 1 fully saturated rings. The third-order valence-corrected chi connectivity index (χ3v) is 4.69. The second-order valence-electron chi connectivity index (χ2n) is 5.22. The number of aliphatic hydroxyl groups excluding tert-OH is 1. The van der Waals surface area contributed by atoms with Gasteiger partial charge in [-0.25, -0.2) is 0 Å². The minimum absolute atomic E-state index is 0.152. The van der Waals surface area contributed by atoms with Gasteiger partial charge in [0, 0.05) is 35.4 Å². The first-order valence-corrected chi connectivity index (χ1v) is 7.97. The van der Waals surface area contributed by atoms with Gasteiger partial charge in [-0.3, -0.25) is 14.6 Å². The Morgan fingerprint density at radius 1 is 1.35 bits per heavy atom. The van der Waals surface area contributed by atoms with E-state index in [1.807, 2.05) is 22.6 Å². The van der Waals surface area contributed by atoms with Gasteiger partial charge in [-0.05, 0) is 32.0 Å². The van der Waals surface area contributed by atoms with Crippen LogP contribution in [0.15, 0.2) is 24.0 Å². The highest BCUT2D eigenvalue weighted by Gasteiger charge is 2.23. The Bertz CT molecular complexity index is 517. The molecule has 0 spiro atoms. The Kier molecular flexibility index (Phi) is 4.44. The Morgan fingerprint density at radius 2 is 2.20 bits per heavy atom. The normalized spacial score (nSPS) is 17.6. The number of hydrogen-bond donors (Lipinski definition) is 1. The van der Waals surface area contributed by atoms with Crippen LogP contribution in [0.1, 0.15) is 29.3 Å². The third kappa shape index (κ3) is 3.08. The monoisotopic (exact) mass is 292 g/mol. The lowest BCUT2D eigenvalue weighted by atomic mass is 9.93. The van der Waals surface area contributed by atoms with Crippen LogP contribution < -0.4 is 0 Å². The number of likely N-dealkylation sites (tertiary alicyclic amines) is 1. The maximum atomic E-state index is 9.07. The zero-order chi connectivity index (χ0) is 13.8. The van der Waals surface area contributed by atoms with Gasteiger partial charge in [0.2, 0.25) is 0 Å². The largest absolute Gasteiger partial charge is 0.394 e. The summed E-state index contributed by atoms with van der Waals surface area (Å²) >= 11 is 1.73. The summed E-state index contributed by atoms with van der Waals surface area (Å²) in [6, 6.07) is 2.10. The Balaban J connectivity index is 1.56. The van der Waals surface area contributed by atoms with E-state index in [0.29, 0.717) is 12.5 Å². The van der Waals surface area contributed by atoms with Gasteiger partial charge in [0.15, 0.2) is 0 Å². The van der Waals surface area contributed by atoms with Crippen LogP contribution in [0.4, 0.5) is 0 Å². The lowest BCUT2D eigenvalue weighted by Gasteiger charge is -2.31. The van der Waals surface area contributed by atoms with E-state index < -0.39 is 0 Å². The summed E-state index contributed by atoms with van der Waals surface area (Å²) in [5.41, 5.74) is 3.17. The topological polar surface area (TPSA) is 54.2 Å². The molecule has 0 atom stereocenters. The van der Waals surface area contributed by atoms with E-state index in [4.69, 9.17) is 5.11 Å². The molecule has 108 valence electrons. The fourth-order valence-corrected chi connectivity index (χ4v) is 3.53. The van der Waals surface area contributed by atoms with Crippen molar-refractivity contribution in [3.8, 4) is 0 Å². The van der Waals surface area contributed by atoms with Crippen molar-refractivity contribution in [1.29, 1.82) is 0 Å². The van der Waals surface area contributed by atoms with Crippen LogP contribution in [0.25, 0.3) is 0 Å². The molecule has 0 bridgehead atoms. The number of hydrogen-bond acceptors (Lipinski definition) is 5. The molecule has 0 radical (unpaired) electrons. The molecule has 6 heteroatoms. The van der Waals surface area contributed by atoms with E-state index in [2.05, 4.69) is 21.0 Å². The average Bonchev–Trinajstić information content (AvgIpc) is 3.12. The van der Waals surface area contributed by atoms with E-state index in [1.165, 1.54) is 10.6 Å². The molecule has 2 aromatic heterocycles. The van der Waals surface area contributed by atoms with Crippen LogP contribution in [0.2, 0.25) is 0 Å². The standard InChI is InChI=1S/C14H20N4OS/c19-8-7-18-14(1-4-16-18)12-2-5-17(6-3-12)10-13-9-15-11-20-13/h1,4,9,11-12,19H,2-3,5-8,10H2. The zero-order valence-electron chi connectivity index (χ0n) is 11.5. The van der Waals surface area contributed by atoms with Gasteiger partial charge in [0.05, 0.1) is 18.7 Å². The lowest BCUT2D eigenvalue weighted by molar-refractivity contribution is 0.200. The van der Waals surface area contributed by atoms with Crippen LogP contribution in [0, 0.1) is 0 Å². The highest BCUT2D eigenvalue weighted by Crippen LogP contribution is 2.28. The van der Waals surface area contributed by atoms with Crippen LogP contribution in [-0.2, 0) is 13.1 Å². The van der Waals surface area contributed by atoms with Gasteiger partial charge in [0.25, 0.3) is 0 Å². The molecule has 0 amide bonds. The number of nitrogens with zero attached hydrogens (tertiary/aromatic N) is 4. The van der Waals surface area contributed by atoms with E-state index >= 15 is 0 Å². The number of piperidine rings is 1. The van der Waals surface area contributed by atoms with E-state index in [9.17, 15) is 0 Å². The first kappa shape index (κ1) is 13.7. The Labute approximate surface area is 122 Å². The van der Waals surface area contributed by atoms with Crippen molar-refractivity contribution < 1.29 is 5.11 Å². The summed E-state index contributed by atoms with van der Waals surface area (Å²) < 4.78 is 1.95. The molecule has 1 aliphatic heterocycles. The summed E-state index contributed by atoms with van der Waals surface area (Å²) in [6.45, 7) is 4.01. The highest BCUT2D eigenvalue weighted by molar-refractivity contribution is 7.09. The Morgan fingerprint density at radius 3 is 2.90 bits per heavy atom. The minimum Gasteiger partial charge on any atom is -0.394 e. The minimum atomic E-state index is 0.152. The number of rotatable bonds is 5. The van der Waals surface area contributed by atoms with E-state index in [1.54, 1.807) is 11.3 Å². The fraction of sp³-hybridized carbons (Fsp3) is 0.571. The first-order valence-electron chi connectivity index (χ1n) is 7.09. The van der Waals surface area contributed by atoms with Gasteiger partial charge < -0.3 is 5.11 Å². The fourth-order valence-electron chi connectivity index (χ4n) is 2.90. The molecule has 1 aliphatic rings. The smallest absolute Gasteiger partial charge is 0.0794 e. The van der Waals surface area contributed by atoms with Gasteiger partial charge in [-0.1, -0.05) is 0 Å². The van der Waals surface area contributed by atoms with Crippen molar-refractivity contribution in [2.24, 2.45) is 0 Å². The summed E-state index contributed by atoms with van der Waals surface area (Å²) in [5.74, 6) is 0.571. The second kappa shape index (κ2) is 6.47. The van der Waals surface area contributed by atoms with Gasteiger partial charge >= 0.3 is 0 Å². The number of aromatic nitrogens is 3. The van der Waals surface area contributed by atoms with Crippen molar-refractivity contribution in [3.63, 3.8) is 0 Å². The molecule has 20 heavy (non-hydrogen) atoms. The average molecular weight is 292 g/mol. The molecule has 3 heterocycles. The predicted molar refractivity (Wildman–Crippen MR) is 78.7 cm³/mol. The van der Waals surface area contributed by atoms with Crippen LogP contribution >= 0.6 is 11.3 Å². The van der Waals surface area contributed by atoms with Gasteiger partial charge in [-0.2, -0.15) is 5.10 Å². The van der Waals surface area contributed by atoms with Crippen LogP contribution in [0.5, 0.6) is 0 Å².